The van der Waals surface area contributed by atoms with Crippen LogP contribution in [0.15, 0.2) is 0 Å². The molecular weight excluding hydrogens is 206 g/mol. The standard InChI is InChI=1S/C12H25NO3/c1-10(6-5-9-14)13-8-7-11(15)16-12(2,3)4/h10,13-14H,5-9H2,1-4H3. The molecule has 0 aromatic carbocycles. The SMILES string of the molecule is CC(CCCO)NCCC(=O)OC(C)(C)C. The zero-order valence-corrected chi connectivity index (χ0v) is 10.9. The first-order valence-corrected chi connectivity index (χ1v) is 5.91. The van der Waals surface area contributed by atoms with Crippen LogP contribution in [0.5, 0.6) is 0 Å². The molecule has 4 heteroatoms. The molecule has 0 rings (SSSR count). The zero-order valence-electron chi connectivity index (χ0n) is 10.9. The molecule has 0 saturated heterocycles. The van der Waals surface area contributed by atoms with Crippen molar-refractivity contribution in [3.05, 3.63) is 0 Å². The Hall–Kier alpha value is -0.610. The van der Waals surface area contributed by atoms with Gasteiger partial charge >= 0.3 is 5.97 Å². The highest BCUT2D eigenvalue weighted by Crippen LogP contribution is 2.07. The molecule has 0 aromatic heterocycles. The molecule has 16 heavy (non-hydrogen) atoms. The molecule has 0 aliphatic carbocycles. The lowest BCUT2D eigenvalue weighted by Crippen LogP contribution is -2.31. The fourth-order valence-electron chi connectivity index (χ4n) is 1.31. The van der Waals surface area contributed by atoms with Gasteiger partial charge in [0, 0.05) is 19.2 Å². The molecular formula is C12H25NO3. The summed E-state index contributed by atoms with van der Waals surface area (Å²) in [5.74, 6) is -0.172. The van der Waals surface area contributed by atoms with Gasteiger partial charge in [-0.3, -0.25) is 4.79 Å². The highest BCUT2D eigenvalue weighted by Gasteiger charge is 2.15. The Labute approximate surface area is 98.4 Å². The quantitative estimate of drug-likeness (QED) is 0.651. The third kappa shape index (κ3) is 9.93. The van der Waals surface area contributed by atoms with E-state index >= 15 is 0 Å². The van der Waals surface area contributed by atoms with E-state index < -0.39 is 5.60 Å². The van der Waals surface area contributed by atoms with Crippen molar-refractivity contribution in [3.63, 3.8) is 0 Å². The number of rotatable bonds is 7. The molecule has 0 aromatic rings. The van der Waals surface area contributed by atoms with Crippen molar-refractivity contribution >= 4 is 5.97 Å². The maximum absolute atomic E-state index is 11.4. The van der Waals surface area contributed by atoms with Crippen molar-refractivity contribution in [1.82, 2.24) is 5.32 Å². The van der Waals surface area contributed by atoms with Crippen molar-refractivity contribution in [2.45, 2.75) is 58.6 Å². The predicted molar refractivity (Wildman–Crippen MR) is 64.2 cm³/mol. The Balaban J connectivity index is 3.54. The van der Waals surface area contributed by atoms with Gasteiger partial charge in [0.2, 0.25) is 0 Å². The fraction of sp³-hybridized carbons (Fsp3) is 0.917. The first-order valence-electron chi connectivity index (χ1n) is 5.91. The summed E-state index contributed by atoms with van der Waals surface area (Å²) in [6.07, 6.45) is 2.10. The number of hydrogen-bond donors (Lipinski definition) is 2. The van der Waals surface area contributed by atoms with Crippen LogP contribution in [0.4, 0.5) is 0 Å². The van der Waals surface area contributed by atoms with Gasteiger partial charge in [0.25, 0.3) is 0 Å². The summed E-state index contributed by atoms with van der Waals surface area (Å²) in [7, 11) is 0. The van der Waals surface area contributed by atoms with Gasteiger partial charge in [0.05, 0.1) is 6.42 Å². The second-order valence-corrected chi connectivity index (χ2v) is 5.06. The summed E-state index contributed by atoms with van der Waals surface area (Å²) in [6, 6.07) is 0.328. The number of aliphatic hydroxyl groups excluding tert-OH is 1. The zero-order chi connectivity index (χ0) is 12.6. The van der Waals surface area contributed by atoms with E-state index in [9.17, 15) is 4.79 Å². The van der Waals surface area contributed by atoms with E-state index in [1.807, 2.05) is 27.7 Å². The molecule has 0 heterocycles. The Morgan fingerprint density at radius 1 is 1.44 bits per heavy atom. The number of aliphatic hydroxyl groups is 1. The maximum Gasteiger partial charge on any atom is 0.307 e. The van der Waals surface area contributed by atoms with Gasteiger partial charge in [-0.2, -0.15) is 0 Å². The smallest absolute Gasteiger partial charge is 0.307 e. The summed E-state index contributed by atoms with van der Waals surface area (Å²) in [4.78, 5) is 11.4. The summed E-state index contributed by atoms with van der Waals surface area (Å²) >= 11 is 0. The van der Waals surface area contributed by atoms with E-state index in [0.29, 0.717) is 19.0 Å². The molecule has 1 atom stereocenters. The van der Waals surface area contributed by atoms with Crippen LogP contribution in [0, 0.1) is 0 Å². The minimum atomic E-state index is -0.403. The Morgan fingerprint density at radius 3 is 2.56 bits per heavy atom. The van der Waals surface area contributed by atoms with Crippen LogP contribution in [-0.2, 0) is 9.53 Å². The number of nitrogens with one attached hydrogen (secondary N) is 1. The van der Waals surface area contributed by atoms with Gasteiger partial charge < -0.3 is 15.2 Å². The molecule has 4 nitrogen and oxygen atoms in total. The van der Waals surface area contributed by atoms with E-state index in [4.69, 9.17) is 9.84 Å². The topological polar surface area (TPSA) is 58.6 Å². The van der Waals surface area contributed by atoms with E-state index in [2.05, 4.69) is 5.32 Å². The average molecular weight is 231 g/mol. The van der Waals surface area contributed by atoms with Crippen LogP contribution < -0.4 is 5.32 Å². The summed E-state index contributed by atoms with van der Waals surface area (Å²) < 4.78 is 5.18. The Kier molecular flexibility index (Phi) is 7.34. The summed E-state index contributed by atoms with van der Waals surface area (Å²) in [5.41, 5.74) is -0.403. The third-order valence-corrected chi connectivity index (χ3v) is 2.04. The molecule has 0 aliphatic rings. The number of carbonyl (C=O) groups excluding carboxylic acids is 1. The summed E-state index contributed by atoms with van der Waals surface area (Å²) in [6.45, 7) is 8.48. The van der Waals surface area contributed by atoms with Gasteiger partial charge in [-0.25, -0.2) is 0 Å². The van der Waals surface area contributed by atoms with Crippen molar-refractivity contribution in [3.8, 4) is 0 Å². The van der Waals surface area contributed by atoms with Crippen LogP contribution in [0.25, 0.3) is 0 Å². The minimum Gasteiger partial charge on any atom is -0.460 e. The Bertz CT molecular complexity index is 199. The molecule has 96 valence electrons. The lowest BCUT2D eigenvalue weighted by atomic mass is 10.2. The molecule has 0 bridgehead atoms. The first kappa shape index (κ1) is 15.4. The van der Waals surface area contributed by atoms with Crippen LogP contribution in [0.3, 0.4) is 0 Å². The van der Waals surface area contributed by atoms with Crippen molar-refractivity contribution in [1.29, 1.82) is 0 Å². The van der Waals surface area contributed by atoms with Gasteiger partial charge in [0.1, 0.15) is 5.60 Å². The van der Waals surface area contributed by atoms with E-state index in [0.717, 1.165) is 12.8 Å². The second kappa shape index (κ2) is 7.63. The molecule has 0 saturated carbocycles. The monoisotopic (exact) mass is 231 g/mol. The number of hydrogen-bond acceptors (Lipinski definition) is 4. The summed E-state index contributed by atoms with van der Waals surface area (Å²) in [5, 5.41) is 11.9. The molecule has 1 unspecified atom stereocenters. The van der Waals surface area contributed by atoms with Crippen LogP contribution in [0.2, 0.25) is 0 Å². The predicted octanol–water partition coefficient (Wildman–Crippen LogP) is 1.47. The van der Waals surface area contributed by atoms with Gasteiger partial charge in [0.15, 0.2) is 0 Å². The fourth-order valence-corrected chi connectivity index (χ4v) is 1.31. The van der Waals surface area contributed by atoms with Crippen LogP contribution >= 0.6 is 0 Å². The van der Waals surface area contributed by atoms with E-state index in [-0.39, 0.29) is 12.6 Å². The van der Waals surface area contributed by atoms with E-state index in [1.165, 1.54) is 0 Å². The van der Waals surface area contributed by atoms with Crippen LogP contribution in [-0.4, -0.2) is 35.9 Å². The van der Waals surface area contributed by atoms with Crippen molar-refractivity contribution in [2.75, 3.05) is 13.2 Å². The normalized spacial score (nSPS) is 13.6. The largest absolute Gasteiger partial charge is 0.460 e. The third-order valence-electron chi connectivity index (χ3n) is 2.04. The average Bonchev–Trinajstić information content (AvgIpc) is 2.11. The Morgan fingerprint density at radius 2 is 2.06 bits per heavy atom. The number of esters is 1. The second-order valence-electron chi connectivity index (χ2n) is 5.06. The minimum absolute atomic E-state index is 0.172. The van der Waals surface area contributed by atoms with E-state index in [1.54, 1.807) is 0 Å². The highest BCUT2D eigenvalue weighted by molar-refractivity contribution is 5.70. The lowest BCUT2D eigenvalue weighted by molar-refractivity contribution is -0.154. The van der Waals surface area contributed by atoms with Gasteiger partial charge in [-0.05, 0) is 40.5 Å². The molecule has 0 fully saturated rings. The number of ether oxygens (including phenoxy) is 1. The molecule has 0 aliphatic heterocycles. The first-order chi connectivity index (χ1) is 7.35. The molecule has 0 amide bonds. The van der Waals surface area contributed by atoms with Gasteiger partial charge in [-0.15, -0.1) is 0 Å². The molecule has 2 N–H and O–H groups in total. The number of carbonyl (C=O) groups is 1. The molecule has 0 radical (unpaired) electrons. The van der Waals surface area contributed by atoms with Gasteiger partial charge in [-0.1, -0.05) is 0 Å². The molecule has 0 spiro atoms. The van der Waals surface area contributed by atoms with Crippen LogP contribution in [0.1, 0.15) is 47.0 Å². The van der Waals surface area contributed by atoms with Crippen molar-refractivity contribution in [2.24, 2.45) is 0 Å². The lowest BCUT2D eigenvalue weighted by Gasteiger charge is -2.20. The van der Waals surface area contributed by atoms with Crippen molar-refractivity contribution < 1.29 is 14.6 Å². The maximum atomic E-state index is 11.4. The highest BCUT2D eigenvalue weighted by atomic mass is 16.6.